The molecule has 5 nitrogen and oxygen atoms in total. The number of anilines is 1. The van der Waals surface area contributed by atoms with Crippen LogP contribution in [-0.2, 0) is 11.3 Å². The SMILES string of the molecule is O=C(Nc1ccccc1)C1CCN(Cc2cccc3nccn23)CC1. The van der Waals surface area contributed by atoms with Gasteiger partial charge in [0.25, 0.3) is 0 Å². The molecule has 1 aromatic carbocycles. The van der Waals surface area contributed by atoms with Crippen LogP contribution in [0.5, 0.6) is 0 Å². The van der Waals surface area contributed by atoms with Gasteiger partial charge in [-0.2, -0.15) is 0 Å². The van der Waals surface area contributed by atoms with Gasteiger partial charge in [0.05, 0.1) is 0 Å². The van der Waals surface area contributed by atoms with Gasteiger partial charge in [-0.1, -0.05) is 24.3 Å². The number of likely N-dealkylation sites (tertiary alicyclic amines) is 1. The first-order valence-corrected chi connectivity index (χ1v) is 8.79. The zero-order chi connectivity index (χ0) is 17.1. The smallest absolute Gasteiger partial charge is 0.227 e. The lowest BCUT2D eigenvalue weighted by Gasteiger charge is -2.31. The van der Waals surface area contributed by atoms with Crippen LogP contribution in [0.1, 0.15) is 18.5 Å². The molecule has 4 rings (SSSR count). The Hall–Kier alpha value is -2.66. The summed E-state index contributed by atoms with van der Waals surface area (Å²) < 4.78 is 2.13. The normalized spacial score (nSPS) is 16.2. The lowest BCUT2D eigenvalue weighted by molar-refractivity contribution is -0.121. The highest BCUT2D eigenvalue weighted by molar-refractivity contribution is 5.92. The quantitative estimate of drug-likeness (QED) is 0.797. The van der Waals surface area contributed by atoms with Crippen LogP contribution in [-0.4, -0.2) is 33.3 Å². The predicted molar refractivity (Wildman–Crippen MR) is 98.3 cm³/mol. The fraction of sp³-hybridized carbons (Fsp3) is 0.300. The van der Waals surface area contributed by atoms with E-state index >= 15 is 0 Å². The summed E-state index contributed by atoms with van der Waals surface area (Å²) in [6, 6.07) is 15.9. The molecule has 2 aromatic heterocycles. The monoisotopic (exact) mass is 334 g/mol. The van der Waals surface area contributed by atoms with Gasteiger partial charge in [-0.3, -0.25) is 9.69 Å². The van der Waals surface area contributed by atoms with Crippen molar-refractivity contribution in [3.05, 3.63) is 66.6 Å². The summed E-state index contributed by atoms with van der Waals surface area (Å²) in [6.45, 7) is 2.77. The number of pyridine rings is 1. The third-order valence-corrected chi connectivity index (χ3v) is 4.90. The minimum atomic E-state index is 0.0977. The predicted octanol–water partition coefficient (Wildman–Crippen LogP) is 3.19. The number of benzene rings is 1. The van der Waals surface area contributed by atoms with Gasteiger partial charge in [0.1, 0.15) is 5.65 Å². The van der Waals surface area contributed by atoms with Crippen LogP contribution in [0.4, 0.5) is 5.69 Å². The van der Waals surface area contributed by atoms with Crippen molar-refractivity contribution >= 4 is 17.2 Å². The summed E-state index contributed by atoms with van der Waals surface area (Å²) in [7, 11) is 0. The number of imidazole rings is 1. The highest BCUT2D eigenvalue weighted by atomic mass is 16.1. The first-order valence-electron chi connectivity index (χ1n) is 8.79. The van der Waals surface area contributed by atoms with Gasteiger partial charge < -0.3 is 9.72 Å². The average molecular weight is 334 g/mol. The maximum atomic E-state index is 12.4. The zero-order valence-electron chi connectivity index (χ0n) is 14.1. The van der Waals surface area contributed by atoms with Gasteiger partial charge in [0.15, 0.2) is 0 Å². The van der Waals surface area contributed by atoms with Crippen LogP contribution in [0.2, 0.25) is 0 Å². The van der Waals surface area contributed by atoms with E-state index in [9.17, 15) is 4.79 Å². The van der Waals surface area contributed by atoms with E-state index in [0.717, 1.165) is 43.8 Å². The minimum absolute atomic E-state index is 0.0977. The van der Waals surface area contributed by atoms with Gasteiger partial charge >= 0.3 is 0 Å². The van der Waals surface area contributed by atoms with E-state index < -0.39 is 0 Å². The van der Waals surface area contributed by atoms with Crippen molar-refractivity contribution in [2.24, 2.45) is 5.92 Å². The van der Waals surface area contributed by atoms with Crippen molar-refractivity contribution in [3.8, 4) is 0 Å². The Kier molecular flexibility index (Phi) is 4.48. The lowest BCUT2D eigenvalue weighted by Crippen LogP contribution is -2.38. The number of nitrogens with one attached hydrogen (secondary N) is 1. The summed E-state index contributed by atoms with van der Waals surface area (Å²) in [5.74, 6) is 0.239. The Balaban J connectivity index is 1.34. The fourth-order valence-electron chi connectivity index (χ4n) is 3.48. The molecule has 1 N–H and O–H groups in total. The third-order valence-electron chi connectivity index (χ3n) is 4.90. The largest absolute Gasteiger partial charge is 0.326 e. The maximum Gasteiger partial charge on any atom is 0.227 e. The number of carbonyl (C=O) groups excluding carboxylic acids is 1. The van der Waals surface area contributed by atoms with E-state index in [1.807, 2.05) is 48.8 Å². The standard InChI is InChI=1S/C20H22N4O/c25-20(22-17-5-2-1-3-6-17)16-9-12-23(13-10-16)15-18-7-4-8-19-21-11-14-24(18)19/h1-8,11,14,16H,9-10,12-13,15H2,(H,22,25). The molecule has 1 amide bonds. The molecule has 1 fully saturated rings. The summed E-state index contributed by atoms with van der Waals surface area (Å²) in [4.78, 5) is 19.2. The number of para-hydroxylation sites is 1. The van der Waals surface area contributed by atoms with Gasteiger partial charge in [-0.05, 0) is 50.2 Å². The molecule has 0 saturated carbocycles. The molecule has 0 bridgehead atoms. The Labute approximate surface area is 147 Å². The van der Waals surface area contributed by atoms with Crippen molar-refractivity contribution in [1.82, 2.24) is 14.3 Å². The van der Waals surface area contributed by atoms with E-state index in [0.29, 0.717) is 0 Å². The van der Waals surface area contributed by atoms with Crippen molar-refractivity contribution in [2.45, 2.75) is 19.4 Å². The zero-order valence-corrected chi connectivity index (χ0v) is 14.1. The second-order valence-electron chi connectivity index (χ2n) is 6.58. The highest BCUT2D eigenvalue weighted by Crippen LogP contribution is 2.21. The lowest BCUT2D eigenvalue weighted by atomic mass is 9.95. The summed E-state index contributed by atoms with van der Waals surface area (Å²) in [6.07, 6.45) is 5.64. The molecule has 3 aromatic rings. The Morgan fingerprint density at radius 3 is 2.68 bits per heavy atom. The topological polar surface area (TPSA) is 49.6 Å². The van der Waals surface area contributed by atoms with E-state index in [2.05, 4.69) is 31.7 Å². The first kappa shape index (κ1) is 15.8. The number of rotatable bonds is 4. The molecule has 0 spiro atoms. The molecule has 0 radical (unpaired) electrons. The second-order valence-corrected chi connectivity index (χ2v) is 6.58. The Morgan fingerprint density at radius 2 is 1.88 bits per heavy atom. The maximum absolute atomic E-state index is 12.4. The molecule has 3 heterocycles. The minimum Gasteiger partial charge on any atom is -0.326 e. The third kappa shape index (κ3) is 3.56. The number of fused-ring (bicyclic) bond motifs is 1. The number of hydrogen-bond acceptors (Lipinski definition) is 3. The molecule has 128 valence electrons. The molecule has 1 saturated heterocycles. The number of aromatic nitrogens is 2. The van der Waals surface area contributed by atoms with Crippen LogP contribution in [0, 0.1) is 5.92 Å². The highest BCUT2D eigenvalue weighted by Gasteiger charge is 2.25. The molecule has 0 unspecified atom stereocenters. The second kappa shape index (κ2) is 7.07. The molecule has 1 aliphatic rings. The van der Waals surface area contributed by atoms with E-state index in [1.54, 1.807) is 0 Å². The van der Waals surface area contributed by atoms with Crippen LogP contribution >= 0.6 is 0 Å². The number of piperidine rings is 1. The van der Waals surface area contributed by atoms with Crippen LogP contribution < -0.4 is 5.32 Å². The summed E-state index contributed by atoms with van der Waals surface area (Å²) in [5.41, 5.74) is 3.10. The molecule has 5 heteroatoms. The molecular formula is C20H22N4O. The number of amides is 1. The first-order chi connectivity index (χ1) is 12.3. The van der Waals surface area contributed by atoms with Crippen LogP contribution in [0.15, 0.2) is 60.9 Å². The molecule has 0 atom stereocenters. The molecular weight excluding hydrogens is 312 g/mol. The summed E-state index contributed by atoms with van der Waals surface area (Å²) in [5, 5.41) is 3.03. The van der Waals surface area contributed by atoms with Crippen LogP contribution in [0.25, 0.3) is 5.65 Å². The van der Waals surface area contributed by atoms with Crippen molar-refractivity contribution in [2.75, 3.05) is 18.4 Å². The number of carbonyl (C=O) groups is 1. The van der Waals surface area contributed by atoms with Gasteiger partial charge in [0.2, 0.25) is 5.91 Å². The van der Waals surface area contributed by atoms with Crippen molar-refractivity contribution in [3.63, 3.8) is 0 Å². The van der Waals surface area contributed by atoms with Gasteiger partial charge in [-0.25, -0.2) is 4.98 Å². The average Bonchev–Trinajstić information content (AvgIpc) is 3.13. The number of hydrogen-bond donors (Lipinski definition) is 1. The Bertz CT molecular complexity index is 850. The number of nitrogens with zero attached hydrogens (tertiary/aromatic N) is 3. The molecule has 25 heavy (non-hydrogen) atoms. The van der Waals surface area contributed by atoms with Crippen molar-refractivity contribution in [1.29, 1.82) is 0 Å². The molecule has 1 aliphatic heterocycles. The van der Waals surface area contributed by atoms with Crippen LogP contribution in [0.3, 0.4) is 0 Å². The van der Waals surface area contributed by atoms with Gasteiger partial charge in [-0.15, -0.1) is 0 Å². The van der Waals surface area contributed by atoms with E-state index in [1.165, 1.54) is 5.69 Å². The van der Waals surface area contributed by atoms with Crippen molar-refractivity contribution < 1.29 is 4.79 Å². The van der Waals surface area contributed by atoms with E-state index in [-0.39, 0.29) is 11.8 Å². The van der Waals surface area contributed by atoms with E-state index in [4.69, 9.17) is 0 Å². The van der Waals surface area contributed by atoms with Gasteiger partial charge in [0, 0.05) is 36.2 Å². The fourth-order valence-corrected chi connectivity index (χ4v) is 3.48. The summed E-state index contributed by atoms with van der Waals surface area (Å²) >= 11 is 0. The Morgan fingerprint density at radius 1 is 1.08 bits per heavy atom. The molecule has 0 aliphatic carbocycles.